The maximum absolute atomic E-state index is 5.85. The third kappa shape index (κ3) is 8.69. The average Bonchev–Trinajstić information content (AvgIpc) is 3.19. The van der Waals surface area contributed by atoms with E-state index in [0.717, 1.165) is 33.6 Å². The molecule has 50 heavy (non-hydrogen) atoms. The monoisotopic (exact) mass is 658 g/mol. The van der Waals surface area contributed by atoms with Crippen molar-refractivity contribution < 1.29 is 9.47 Å². The third-order valence-corrected chi connectivity index (χ3v) is 7.37. The van der Waals surface area contributed by atoms with E-state index in [4.69, 9.17) is 9.47 Å². The molecule has 10 heteroatoms. The Hall–Kier alpha value is -6.94. The molecule has 6 rings (SSSR count). The average molecular weight is 659 g/mol. The van der Waals surface area contributed by atoms with Crippen LogP contribution in [0, 0.1) is 0 Å². The van der Waals surface area contributed by atoms with Crippen molar-refractivity contribution in [3.8, 4) is 22.6 Å². The van der Waals surface area contributed by atoms with Crippen molar-refractivity contribution in [2.24, 2.45) is 30.7 Å². The van der Waals surface area contributed by atoms with Gasteiger partial charge in [-0.05, 0) is 54.6 Å². The predicted molar refractivity (Wildman–Crippen MR) is 200 cm³/mol. The number of azo groups is 2. The Bertz CT molecular complexity index is 2120. The Labute approximate surface area is 290 Å². The number of methoxy groups -OCH3 is 2. The molecule has 0 heterocycles. The van der Waals surface area contributed by atoms with Crippen molar-refractivity contribution >= 4 is 34.4 Å². The van der Waals surface area contributed by atoms with E-state index in [2.05, 4.69) is 41.5 Å². The zero-order valence-electron chi connectivity index (χ0n) is 27.5. The standard InChI is InChI=1S/C40H34N8O2/c1-49-37-26-24-33(43-47-39(29-15-7-3-8-16-29)45-41-31-19-11-5-12-20-31)27-36(37)35-25-23-34(28-38(35)50-2)44-48-40(30-17-9-4-10-18-30)46-42-32-21-13-6-14-22-32/h3-28,43-44H,1-2H3/b45-41?,46-42?,47-39-,48-40-. The van der Waals surface area contributed by atoms with E-state index in [1.165, 1.54) is 0 Å². The number of hydrazone groups is 2. The highest BCUT2D eigenvalue weighted by molar-refractivity contribution is 6.00. The fourth-order valence-electron chi connectivity index (χ4n) is 4.87. The van der Waals surface area contributed by atoms with Gasteiger partial charge in [0.25, 0.3) is 0 Å². The first-order valence-electron chi connectivity index (χ1n) is 15.8. The van der Waals surface area contributed by atoms with Gasteiger partial charge in [0.2, 0.25) is 11.7 Å². The highest BCUT2D eigenvalue weighted by Gasteiger charge is 2.14. The number of ether oxygens (including phenoxy) is 2. The second-order valence-corrected chi connectivity index (χ2v) is 10.7. The molecule has 0 fully saturated rings. The molecule has 2 N–H and O–H groups in total. The van der Waals surface area contributed by atoms with Gasteiger partial charge in [-0.25, -0.2) is 0 Å². The molecule has 0 aliphatic carbocycles. The highest BCUT2D eigenvalue weighted by Crippen LogP contribution is 2.39. The van der Waals surface area contributed by atoms with Crippen LogP contribution in [-0.2, 0) is 0 Å². The quantitative estimate of drug-likeness (QED) is 0.0623. The third-order valence-electron chi connectivity index (χ3n) is 7.37. The van der Waals surface area contributed by atoms with E-state index in [9.17, 15) is 0 Å². The molecular weight excluding hydrogens is 624 g/mol. The van der Waals surface area contributed by atoms with Gasteiger partial charge in [-0.2, -0.15) is 10.2 Å². The Balaban J connectivity index is 1.27. The van der Waals surface area contributed by atoms with Gasteiger partial charge in [0.15, 0.2) is 0 Å². The molecule has 0 spiro atoms. The minimum absolute atomic E-state index is 0.427. The number of nitrogens with zero attached hydrogens (tertiary/aromatic N) is 6. The summed E-state index contributed by atoms with van der Waals surface area (Å²) >= 11 is 0. The molecule has 6 aromatic rings. The van der Waals surface area contributed by atoms with Crippen molar-refractivity contribution in [2.75, 3.05) is 25.1 Å². The molecule has 0 amide bonds. The number of amidine groups is 2. The van der Waals surface area contributed by atoms with Crippen molar-refractivity contribution in [2.45, 2.75) is 0 Å². The fourth-order valence-corrected chi connectivity index (χ4v) is 4.87. The lowest BCUT2D eigenvalue weighted by Gasteiger charge is -2.15. The van der Waals surface area contributed by atoms with Crippen LogP contribution >= 0.6 is 0 Å². The van der Waals surface area contributed by atoms with Gasteiger partial charge in [-0.15, -0.1) is 20.5 Å². The molecule has 6 aromatic carbocycles. The molecule has 0 radical (unpaired) electrons. The van der Waals surface area contributed by atoms with Gasteiger partial charge >= 0.3 is 0 Å². The summed E-state index contributed by atoms with van der Waals surface area (Å²) in [6.07, 6.45) is 0. The summed E-state index contributed by atoms with van der Waals surface area (Å²) in [4.78, 5) is 0. The summed E-state index contributed by atoms with van der Waals surface area (Å²) in [5, 5.41) is 26.8. The first kappa shape index (κ1) is 33.0. The Kier molecular flexibility index (Phi) is 11.0. The molecule has 0 bridgehead atoms. The van der Waals surface area contributed by atoms with Crippen molar-refractivity contribution in [3.05, 3.63) is 169 Å². The SMILES string of the molecule is COc1cc(N/N=C(\N=Nc2ccccc2)c2ccccc2)ccc1-c1cc(N/N=C(\N=Nc2ccccc2)c2ccccc2)ccc1OC. The van der Waals surface area contributed by atoms with Crippen LogP contribution in [0.1, 0.15) is 11.1 Å². The topological polar surface area (TPSA) is 117 Å². The van der Waals surface area contributed by atoms with Crippen LogP contribution in [0.4, 0.5) is 22.7 Å². The molecule has 0 atom stereocenters. The summed E-state index contributed by atoms with van der Waals surface area (Å²) in [6.45, 7) is 0. The van der Waals surface area contributed by atoms with Gasteiger partial charge in [0, 0.05) is 28.3 Å². The first-order chi connectivity index (χ1) is 24.7. The number of hydrogen-bond donors (Lipinski definition) is 2. The van der Waals surface area contributed by atoms with Crippen LogP contribution in [0.3, 0.4) is 0 Å². The molecule has 246 valence electrons. The second kappa shape index (κ2) is 16.8. The van der Waals surface area contributed by atoms with Gasteiger partial charge in [-0.3, -0.25) is 10.9 Å². The van der Waals surface area contributed by atoms with Crippen LogP contribution in [0.15, 0.2) is 188 Å². The minimum atomic E-state index is 0.427. The van der Waals surface area contributed by atoms with Crippen LogP contribution in [0.25, 0.3) is 11.1 Å². The van der Waals surface area contributed by atoms with Gasteiger partial charge < -0.3 is 9.47 Å². The van der Waals surface area contributed by atoms with Crippen molar-refractivity contribution in [3.63, 3.8) is 0 Å². The molecule has 0 saturated carbocycles. The normalized spacial score (nSPS) is 11.9. The largest absolute Gasteiger partial charge is 0.496 e. The zero-order chi connectivity index (χ0) is 34.4. The van der Waals surface area contributed by atoms with Gasteiger partial charge in [0.1, 0.15) is 11.5 Å². The van der Waals surface area contributed by atoms with Crippen molar-refractivity contribution in [1.29, 1.82) is 0 Å². The number of benzene rings is 6. The van der Waals surface area contributed by atoms with Gasteiger partial charge in [0.05, 0.1) is 37.0 Å². The molecule has 0 aromatic heterocycles. The maximum Gasteiger partial charge on any atom is 0.201 e. The zero-order valence-corrected chi connectivity index (χ0v) is 27.5. The van der Waals surface area contributed by atoms with E-state index in [0.29, 0.717) is 34.5 Å². The Morgan fingerprint density at radius 2 is 0.880 bits per heavy atom. The minimum Gasteiger partial charge on any atom is -0.496 e. The molecule has 0 aliphatic heterocycles. The Morgan fingerprint density at radius 3 is 1.36 bits per heavy atom. The van der Waals surface area contributed by atoms with Crippen LogP contribution in [0.2, 0.25) is 0 Å². The highest BCUT2D eigenvalue weighted by atomic mass is 16.5. The maximum atomic E-state index is 5.85. The summed E-state index contributed by atoms with van der Waals surface area (Å²) < 4.78 is 11.6. The van der Waals surface area contributed by atoms with Gasteiger partial charge in [-0.1, -0.05) is 97.1 Å². The first-order valence-corrected chi connectivity index (χ1v) is 15.8. The van der Waals surface area contributed by atoms with E-state index in [1.54, 1.807) is 14.2 Å². The predicted octanol–water partition coefficient (Wildman–Crippen LogP) is 10.5. The number of anilines is 2. The van der Waals surface area contributed by atoms with Crippen molar-refractivity contribution in [1.82, 2.24) is 0 Å². The molecule has 0 aliphatic rings. The van der Waals surface area contributed by atoms with E-state index in [1.807, 2.05) is 158 Å². The summed E-state index contributed by atoms with van der Waals surface area (Å²) in [6, 6.07) is 49.8. The fraction of sp³-hybridized carbons (Fsp3) is 0.0500. The van der Waals surface area contributed by atoms with E-state index >= 15 is 0 Å². The second-order valence-electron chi connectivity index (χ2n) is 10.7. The molecule has 10 nitrogen and oxygen atoms in total. The summed E-state index contributed by atoms with van der Waals surface area (Å²) in [7, 11) is 3.26. The lowest BCUT2D eigenvalue weighted by molar-refractivity contribution is 0.410. The molecular formula is C40H34N8O2. The lowest BCUT2D eigenvalue weighted by Crippen LogP contribution is -2.02. The number of nitrogens with one attached hydrogen (secondary N) is 2. The van der Waals surface area contributed by atoms with Crippen LogP contribution in [0.5, 0.6) is 11.5 Å². The van der Waals surface area contributed by atoms with E-state index in [-0.39, 0.29) is 0 Å². The lowest BCUT2D eigenvalue weighted by atomic mass is 10.0. The smallest absolute Gasteiger partial charge is 0.201 e. The number of hydrogen-bond acceptors (Lipinski definition) is 8. The molecule has 0 saturated heterocycles. The number of rotatable bonds is 11. The van der Waals surface area contributed by atoms with Crippen LogP contribution in [-0.4, -0.2) is 25.9 Å². The molecule has 0 unspecified atom stereocenters. The Morgan fingerprint density at radius 1 is 0.440 bits per heavy atom. The summed E-state index contributed by atoms with van der Waals surface area (Å²) in [5.74, 6) is 2.13. The van der Waals surface area contributed by atoms with Crippen LogP contribution < -0.4 is 20.3 Å². The summed E-state index contributed by atoms with van der Waals surface area (Å²) in [5.41, 5.74) is 12.4. The van der Waals surface area contributed by atoms with E-state index < -0.39 is 0 Å².